The second-order valence-electron chi connectivity index (χ2n) is 3.35. The number of carbonyl (C=O) groups excluding carboxylic acids is 1. The molecule has 17 heavy (non-hydrogen) atoms. The molecule has 2 atom stereocenters. The number of aliphatic hydroxyl groups is 1. The summed E-state index contributed by atoms with van der Waals surface area (Å²) < 4.78 is 4.95. The van der Waals surface area contributed by atoms with E-state index in [1.54, 1.807) is 11.4 Å². The number of carboxylic acids is 1. The van der Waals surface area contributed by atoms with E-state index in [2.05, 4.69) is 5.32 Å². The second-order valence-corrected chi connectivity index (χ2v) is 4.26. The third kappa shape index (κ3) is 3.18. The minimum Gasteiger partial charge on any atom is -0.495 e. The first-order valence-corrected chi connectivity index (χ1v) is 5.68. The Labute approximate surface area is 102 Å². The monoisotopic (exact) mass is 259 g/mol. The molecule has 0 spiro atoms. The molecule has 0 aromatic carbocycles. The van der Waals surface area contributed by atoms with E-state index < -0.39 is 24.0 Å². The normalized spacial score (nSPS) is 13.8. The molecule has 7 heteroatoms. The van der Waals surface area contributed by atoms with Gasteiger partial charge in [-0.1, -0.05) is 0 Å². The van der Waals surface area contributed by atoms with Crippen LogP contribution >= 0.6 is 11.3 Å². The van der Waals surface area contributed by atoms with E-state index in [1.807, 2.05) is 0 Å². The number of methoxy groups -OCH3 is 1. The van der Waals surface area contributed by atoms with E-state index in [0.29, 0.717) is 5.75 Å². The lowest BCUT2D eigenvalue weighted by atomic mass is 10.2. The Morgan fingerprint density at radius 2 is 2.18 bits per heavy atom. The predicted molar refractivity (Wildman–Crippen MR) is 61.4 cm³/mol. The Morgan fingerprint density at radius 1 is 1.53 bits per heavy atom. The van der Waals surface area contributed by atoms with Gasteiger partial charge in [0.05, 0.1) is 13.2 Å². The van der Waals surface area contributed by atoms with Gasteiger partial charge >= 0.3 is 5.97 Å². The molecule has 94 valence electrons. The molecular formula is C10H13NO5S. The highest BCUT2D eigenvalue weighted by molar-refractivity contribution is 7.12. The fourth-order valence-corrected chi connectivity index (χ4v) is 1.98. The molecule has 0 bridgehead atoms. The molecule has 2 unspecified atom stereocenters. The summed E-state index contributed by atoms with van der Waals surface area (Å²) in [5.74, 6) is -1.49. The SMILES string of the molecule is COc1ccsc1C(=O)NC(C(=O)O)C(C)O. The van der Waals surface area contributed by atoms with Gasteiger partial charge in [0.1, 0.15) is 10.6 Å². The summed E-state index contributed by atoms with van der Waals surface area (Å²) in [5.41, 5.74) is 0. The zero-order chi connectivity index (χ0) is 13.0. The van der Waals surface area contributed by atoms with Crippen molar-refractivity contribution < 1.29 is 24.5 Å². The first-order chi connectivity index (χ1) is 7.97. The number of thiophene rings is 1. The Morgan fingerprint density at radius 3 is 2.65 bits per heavy atom. The fourth-order valence-electron chi connectivity index (χ4n) is 1.22. The quantitative estimate of drug-likeness (QED) is 0.707. The van der Waals surface area contributed by atoms with Gasteiger partial charge in [0.2, 0.25) is 0 Å². The fraction of sp³-hybridized carbons (Fsp3) is 0.400. The van der Waals surface area contributed by atoms with Crippen molar-refractivity contribution in [3.8, 4) is 5.75 Å². The molecule has 0 aliphatic heterocycles. The van der Waals surface area contributed by atoms with Crippen LogP contribution in [0.3, 0.4) is 0 Å². The van der Waals surface area contributed by atoms with Crippen LogP contribution in [0.2, 0.25) is 0 Å². The molecule has 0 radical (unpaired) electrons. The smallest absolute Gasteiger partial charge is 0.328 e. The molecule has 1 aromatic rings. The van der Waals surface area contributed by atoms with Gasteiger partial charge in [0.25, 0.3) is 5.91 Å². The lowest BCUT2D eigenvalue weighted by molar-refractivity contribution is -0.141. The minimum atomic E-state index is -1.34. The molecular weight excluding hydrogens is 246 g/mol. The average Bonchev–Trinajstić information content (AvgIpc) is 2.72. The molecule has 0 fully saturated rings. The Balaban J connectivity index is 2.81. The van der Waals surface area contributed by atoms with E-state index in [-0.39, 0.29) is 4.88 Å². The number of carboxylic acid groups (broad SMARTS) is 1. The number of nitrogens with one attached hydrogen (secondary N) is 1. The number of hydrogen-bond donors (Lipinski definition) is 3. The van der Waals surface area contributed by atoms with Gasteiger partial charge < -0.3 is 20.3 Å². The lowest BCUT2D eigenvalue weighted by Gasteiger charge is -2.16. The Kier molecular flexibility index (Phi) is 4.47. The molecule has 0 aliphatic rings. The van der Waals surface area contributed by atoms with Crippen LogP contribution in [-0.2, 0) is 4.79 Å². The number of rotatable bonds is 5. The minimum absolute atomic E-state index is 0.277. The van der Waals surface area contributed by atoms with Gasteiger partial charge in [0.15, 0.2) is 6.04 Å². The summed E-state index contributed by atoms with van der Waals surface area (Å²) in [4.78, 5) is 22.8. The van der Waals surface area contributed by atoms with Crippen molar-refractivity contribution >= 4 is 23.2 Å². The average molecular weight is 259 g/mol. The van der Waals surface area contributed by atoms with Crippen molar-refractivity contribution in [2.75, 3.05) is 7.11 Å². The Bertz CT molecular complexity index is 415. The van der Waals surface area contributed by atoms with Gasteiger partial charge in [-0.15, -0.1) is 11.3 Å². The molecule has 6 nitrogen and oxygen atoms in total. The van der Waals surface area contributed by atoms with Crippen LogP contribution in [-0.4, -0.2) is 41.3 Å². The highest BCUT2D eigenvalue weighted by Gasteiger charge is 2.26. The first kappa shape index (κ1) is 13.5. The van der Waals surface area contributed by atoms with Crippen molar-refractivity contribution in [1.29, 1.82) is 0 Å². The van der Waals surface area contributed by atoms with Crippen molar-refractivity contribution in [3.63, 3.8) is 0 Å². The van der Waals surface area contributed by atoms with Crippen molar-refractivity contribution in [3.05, 3.63) is 16.3 Å². The highest BCUT2D eigenvalue weighted by atomic mass is 32.1. The zero-order valence-electron chi connectivity index (χ0n) is 9.34. The van der Waals surface area contributed by atoms with E-state index >= 15 is 0 Å². The van der Waals surface area contributed by atoms with Crippen LogP contribution in [0.25, 0.3) is 0 Å². The number of aliphatic carboxylic acids is 1. The number of aliphatic hydroxyl groups excluding tert-OH is 1. The number of carbonyl (C=O) groups is 2. The summed E-state index contributed by atoms with van der Waals surface area (Å²) in [5, 5.41) is 21.9. The van der Waals surface area contributed by atoms with Gasteiger partial charge in [-0.3, -0.25) is 4.79 Å². The van der Waals surface area contributed by atoms with E-state index in [4.69, 9.17) is 9.84 Å². The zero-order valence-corrected chi connectivity index (χ0v) is 10.2. The van der Waals surface area contributed by atoms with Crippen LogP contribution in [0, 0.1) is 0 Å². The summed E-state index contributed by atoms with van der Waals surface area (Å²) in [6.07, 6.45) is -1.18. The molecule has 0 saturated heterocycles. The standard InChI is InChI=1S/C10H13NO5S/c1-5(12)7(10(14)15)11-9(13)8-6(16-2)3-4-17-8/h3-5,7,12H,1-2H3,(H,11,13)(H,14,15). The number of hydrogen-bond acceptors (Lipinski definition) is 5. The Hall–Kier alpha value is -1.60. The van der Waals surface area contributed by atoms with Crippen molar-refractivity contribution in [2.45, 2.75) is 19.1 Å². The summed E-state index contributed by atoms with van der Waals surface area (Å²) in [7, 11) is 1.42. The molecule has 1 amide bonds. The molecule has 1 aromatic heterocycles. The van der Waals surface area contributed by atoms with Gasteiger partial charge in [-0.2, -0.15) is 0 Å². The molecule has 1 heterocycles. The molecule has 1 rings (SSSR count). The van der Waals surface area contributed by atoms with Crippen LogP contribution in [0.15, 0.2) is 11.4 Å². The van der Waals surface area contributed by atoms with Gasteiger partial charge in [-0.25, -0.2) is 4.79 Å². The topological polar surface area (TPSA) is 95.9 Å². The van der Waals surface area contributed by atoms with Crippen molar-refractivity contribution in [2.24, 2.45) is 0 Å². The summed E-state index contributed by atoms with van der Waals surface area (Å²) >= 11 is 1.14. The van der Waals surface area contributed by atoms with Crippen molar-refractivity contribution in [1.82, 2.24) is 5.32 Å². The highest BCUT2D eigenvalue weighted by Crippen LogP contribution is 2.24. The largest absolute Gasteiger partial charge is 0.495 e. The maximum Gasteiger partial charge on any atom is 0.328 e. The first-order valence-electron chi connectivity index (χ1n) is 4.80. The van der Waals surface area contributed by atoms with Crippen LogP contribution < -0.4 is 10.1 Å². The lowest BCUT2D eigenvalue weighted by Crippen LogP contribution is -2.47. The van der Waals surface area contributed by atoms with Gasteiger partial charge in [-0.05, 0) is 18.4 Å². The maximum absolute atomic E-state index is 11.7. The van der Waals surface area contributed by atoms with Crippen LogP contribution in [0.5, 0.6) is 5.75 Å². The number of ether oxygens (including phenoxy) is 1. The van der Waals surface area contributed by atoms with Gasteiger partial charge in [0, 0.05) is 0 Å². The second kappa shape index (κ2) is 5.65. The molecule has 3 N–H and O–H groups in total. The van der Waals surface area contributed by atoms with E-state index in [9.17, 15) is 14.7 Å². The van der Waals surface area contributed by atoms with Crippen LogP contribution in [0.4, 0.5) is 0 Å². The molecule has 0 saturated carbocycles. The summed E-state index contributed by atoms with van der Waals surface area (Å²) in [6.45, 7) is 1.30. The van der Waals surface area contributed by atoms with E-state index in [1.165, 1.54) is 14.0 Å². The molecule has 0 aliphatic carbocycles. The third-order valence-corrected chi connectivity index (χ3v) is 2.98. The maximum atomic E-state index is 11.7. The third-order valence-electron chi connectivity index (χ3n) is 2.09. The van der Waals surface area contributed by atoms with E-state index in [0.717, 1.165) is 11.3 Å². The number of amides is 1. The van der Waals surface area contributed by atoms with Crippen LogP contribution in [0.1, 0.15) is 16.6 Å². The predicted octanol–water partition coefficient (Wildman–Crippen LogP) is 0.321. The summed E-state index contributed by atoms with van der Waals surface area (Å²) in [6, 6.07) is 0.270.